The zero-order valence-corrected chi connectivity index (χ0v) is 12.2. The smallest absolute Gasteiger partial charge is 0.415 e. The van der Waals surface area contributed by atoms with Gasteiger partial charge in [0, 0.05) is 5.92 Å². The first-order valence-electron chi connectivity index (χ1n) is 7.18. The lowest BCUT2D eigenvalue weighted by molar-refractivity contribution is -0.147. The van der Waals surface area contributed by atoms with E-state index < -0.39 is 23.9 Å². The van der Waals surface area contributed by atoms with Crippen molar-refractivity contribution in [1.82, 2.24) is 0 Å². The molecule has 0 spiro atoms. The maximum Gasteiger partial charge on any atom is 0.415 e. The second-order valence-corrected chi connectivity index (χ2v) is 5.50. The summed E-state index contributed by atoms with van der Waals surface area (Å²) < 4.78 is 24.0. The molecule has 23 heavy (non-hydrogen) atoms. The van der Waals surface area contributed by atoms with Gasteiger partial charge in [0.1, 0.15) is 5.82 Å². The number of hydrogen-bond donors (Lipinski definition) is 1. The second kappa shape index (κ2) is 5.86. The van der Waals surface area contributed by atoms with Crippen LogP contribution in [0.5, 0.6) is 0 Å². The largest absolute Gasteiger partial charge is 0.466 e. The molecule has 2 fully saturated rings. The first-order chi connectivity index (χ1) is 11.0. The third-order valence-corrected chi connectivity index (χ3v) is 4.01. The molecule has 1 unspecified atom stereocenters. The summed E-state index contributed by atoms with van der Waals surface area (Å²) >= 11 is 0. The molecule has 2 heterocycles. The summed E-state index contributed by atoms with van der Waals surface area (Å²) in [4.78, 5) is 35.3. The predicted molar refractivity (Wildman–Crippen MR) is 76.1 cm³/mol. The fourth-order valence-electron chi connectivity index (χ4n) is 2.78. The second-order valence-electron chi connectivity index (χ2n) is 5.50. The Hall–Kier alpha value is -2.64. The van der Waals surface area contributed by atoms with Crippen LogP contribution >= 0.6 is 0 Å². The molecule has 0 radical (unpaired) electrons. The fraction of sp³-hybridized carbons (Fsp3) is 0.400. The first kappa shape index (κ1) is 15.3. The van der Waals surface area contributed by atoms with Crippen molar-refractivity contribution < 1.29 is 28.2 Å². The van der Waals surface area contributed by atoms with Gasteiger partial charge in [0.25, 0.3) is 5.91 Å². The van der Waals surface area contributed by atoms with Crippen molar-refractivity contribution in [3.8, 4) is 0 Å². The Labute approximate surface area is 131 Å². The normalized spacial score (nSPS) is 24.3. The Balaban J connectivity index is 1.81. The quantitative estimate of drug-likeness (QED) is 0.839. The van der Waals surface area contributed by atoms with Gasteiger partial charge in [-0.1, -0.05) is 6.07 Å². The molecule has 7 nitrogen and oxygen atoms in total. The van der Waals surface area contributed by atoms with Gasteiger partial charge in [0.15, 0.2) is 6.10 Å². The van der Waals surface area contributed by atoms with Gasteiger partial charge < -0.3 is 15.2 Å². The molecule has 0 bridgehead atoms. The van der Waals surface area contributed by atoms with E-state index in [9.17, 15) is 18.8 Å². The molecule has 0 aliphatic carbocycles. The lowest BCUT2D eigenvalue weighted by atomic mass is 9.91. The Kier molecular flexibility index (Phi) is 3.89. The summed E-state index contributed by atoms with van der Waals surface area (Å²) in [7, 11) is 0. The average Bonchev–Trinajstić information content (AvgIpc) is 2.89. The number of halogens is 1. The van der Waals surface area contributed by atoms with Gasteiger partial charge in [-0.25, -0.2) is 9.18 Å². The van der Waals surface area contributed by atoms with Crippen molar-refractivity contribution in [3.63, 3.8) is 0 Å². The molecular formula is C15H15FN2O5. The molecule has 1 aromatic rings. The maximum absolute atomic E-state index is 14.4. The first-order valence-corrected chi connectivity index (χ1v) is 7.18. The molecule has 0 aromatic heterocycles. The molecule has 8 heteroatoms. The summed E-state index contributed by atoms with van der Waals surface area (Å²) in [5, 5.41) is 0. The lowest BCUT2D eigenvalue weighted by Gasteiger charge is -2.23. The Morgan fingerprint density at radius 3 is 2.74 bits per heavy atom. The number of carbonyl (C=O) groups is 3. The van der Waals surface area contributed by atoms with E-state index in [1.807, 2.05) is 0 Å². The van der Waals surface area contributed by atoms with Gasteiger partial charge >= 0.3 is 12.1 Å². The molecule has 1 aromatic carbocycles. The van der Waals surface area contributed by atoms with Crippen LogP contribution in [-0.2, 0) is 19.1 Å². The van der Waals surface area contributed by atoms with Crippen LogP contribution in [0.2, 0.25) is 0 Å². The standard InChI is InChI=1S/C15H15FN2O5/c16-11-6-9(18-7-12(14(17)20)23-15(18)21)1-2-10(11)8-3-4-22-13(19)5-8/h1-2,6,8,12H,3-5,7H2,(H2,17,20)/t8?,12-/m1/s1. The third-order valence-electron chi connectivity index (χ3n) is 4.01. The number of rotatable bonds is 3. The number of esters is 1. The number of primary amides is 1. The molecule has 2 atom stereocenters. The van der Waals surface area contributed by atoms with Crippen molar-refractivity contribution in [1.29, 1.82) is 0 Å². The summed E-state index contributed by atoms with van der Waals surface area (Å²) in [6.07, 6.45) is -1.11. The van der Waals surface area contributed by atoms with E-state index in [4.69, 9.17) is 15.2 Å². The van der Waals surface area contributed by atoms with Gasteiger partial charge in [-0.2, -0.15) is 0 Å². The number of anilines is 1. The highest BCUT2D eigenvalue weighted by Crippen LogP contribution is 2.32. The summed E-state index contributed by atoms with van der Waals surface area (Å²) in [6.45, 7) is 0.214. The molecule has 2 saturated heterocycles. The van der Waals surface area contributed by atoms with E-state index in [1.54, 1.807) is 12.1 Å². The summed E-state index contributed by atoms with van der Waals surface area (Å²) in [6, 6.07) is 4.29. The zero-order chi connectivity index (χ0) is 16.6. The van der Waals surface area contributed by atoms with E-state index in [1.165, 1.54) is 6.07 Å². The van der Waals surface area contributed by atoms with Crippen LogP contribution < -0.4 is 10.6 Å². The van der Waals surface area contributed by atoms with Crippen molar-refractivity contribution in [2.45, 2.75) is 24.9 Å². The molecule has 2 aliphatic heterocycles. The highest BCUT2D eigenvalue weighted by molar-refractivity contribution is 5.95. The van der Waals surface area contributed by atoms with Crippen LogP contribution in [0.25, 0.3) is 0 Å². The van der Waals surface area contributed by atoms with Crippen LogP contribution in [0.3, 0.4) is 0 Å². The Morgan fingerprint density at radius 1 is 1.35 bits per heavy atom. The van der Waals surface area contributed by atoms with Crippen LogP contribution in [0.4, 0.5) is 14.9 Å². The molecule has 2 amide bonds. The van der Waals surface area contributed by atoms with Gasteiger partial charge in [0.05, 0.1) is 25.3 Å². The van der Waals surface area contributed by atoms with E-state index in [-0.39, 0.29) is 37.1 Å². The summed E-state index contributed by atoms with van der Waals surface area (Å²) in [5.41, 5.74) is 5.79. The van der Waals surface area contributed by atoms with Gasteiger partial charge in [-0.15, -0.1) is 0 Å². The highest BCUT2D eigenvalue weighted by atomic mass is 19.1. The topological polar surface area (TPSA) is 98.9 Å². The molecular weight excluding hydrogens is 307 g/mol. The molecule has 122 valence electrons. The Morgan fingerprint density at radius 2 is 2.13 bits per heavy atom. The van der Waals surface area contributed by atoms with Crippen LogP contribution in [0.15, 0.2) is 18.2 Å². The van der Waals surface area contributed by atoms with Crippen molar-refractivity contribution in [2.24, 2.45) is 5.73 Å². The molecule has 2 aliphatic rings. The molecule has 2 N–H and O–H groups in total. The maximum atomic E-state index is 14.4. The minimum absolute atomic E-state index is 0.0529. The van der Waals surface area contributed by atoms with Crippen LogP contribution in [0.1, 0.15) is 24.3 Å². The van der Waals surface area contributed by atoms with Gasteiger partial charge in [-0.05, 0) is 24.1 Å². The van der Waals surface area contributed by atoms with Crippen molar-refractivity contribution >= 4 is 23.7 Å². The van der Waals surface area contributed by atoms with Gasteiger partial charge in [-0.3, -0.25) is 14.5 Å². The fourth-order valence-corrected chi connectivity index (χ4v) is 2.78. The number of cyclic esters (lactones) is 2. The lowest BCUT2D eigenvalue weighted by Crippen LogP contribution is -2.32. The van der Waals surface area contributed by atoms with Crippen LogP contribution in [-0.4, -0.2) is 37.2 Å². The molecule has 0 saturated carbocycles. The SMILES string of the molecule is NC(=O)[C@H]1CN(c2ccc(C3CCOC(=O)C3)c(F)c2)C(=O)O1. The van der Waals surface area contributed by atoms with Crippen molar-refractivity contribution in [3.05, 3.63) is 29.6 Å². The number of ether oxygens (including phenoxy) is 2. The number of amides is 2. The van der Waals surface area contributed by atoms with Crippen LogP contribution in [0, 0.1) is 5.82 Å². The number of nitrogens with zero attached hydrogens (tertiary/aromatic N) is 1. The number of hydrogen-bond acceptors (Lipinski definition) is 5. The average molecular weight is 322 g/mol. The minimum Gasteiger partial charge on any atom is -0.466 e. The van der Waals surface area contributed by atoms with E-state index in [0.717, 1.165) is 4.90 Å². The van der Waals surface area contributed by atoms with E-state index in [0.29, 0.717) is 12.0 Å². The van der Waals surface area contributed by atoms with E-state index in [2.05, 4.69) is 0 Å². The third kappa shape index (κ3) is 2.96. The van der Waals surface area contributed by atoms with Crippen molar-refractivity contribution in [2.75, 3.05) is 18.1 Å². The minimum atomic E-state index is -1.04. The number of carbonyl (C=O) groups excluding carboxylic acids is 3. The number of benzene rings is 1. The zero-order valence-electron chi connectivity index (χ0n) is 12.2. The van der Waals surface area contributed by atoms with Gasteiger partial charge in [0.2, 0.25) is 0 Å². The Bertz CT molecular complexity index is 678. The summed E-state index contributed by atoms with van der Waals surface area (Å²) in [5.74, 6) is -1.86. The highest BCUT2D eigenvalue weighted by Gasteiger charge is 2.36. The molecule has 3 rings (SSSR count). The monoisotopic (exact) mass is 322 g/mol. The number of nitrogens with two attached hydrogens (primary N) is 1. The predicted octanol–water partition coefficient (Wildman–Crippen LogP) is 1.06. The van der Waals surface area contributed by atoms with E-state index >= 15 is 0 Å².